The van der Waals surface area contributed by atoms with Crippen LogP contribution in [0.15, 0.2) is 53.4 Å². The lowest BCUT2D eigenvalue weighted by molar-refractivity contribution is 0.0643. The van der Waals surface area contributed by atoms with Crippen molar-refractivity contribution in [1.29, 1.82) is 0 Å². The first-order valence-corrected chi connectivity index (χ1v) is 12.6. The summed E-state index contributed by atoms with van der Waals surface area (Å²) in [6.07, 6.45) is 2.68. The highest BCUT2D eigenvalue weighted by Crippen LogP contribution is 2.23. The van der Waals surface area contributed by atoms with Crippen LogP contribution < -0.4 is 4.72 Å². The molecule has 8 heteroatoms. The van der Waals surface area contributed by atoms with Gasteiger partial charge in [0.15, 0.2) is 0 Å². The molecule has 0 spiro atoms. The standard InChI is InChI=1S/C24H29N3O4S/c1-18-9-11-20(12-10-18)32(30,31)25-16-19-6-4-13-26(17-19)14-5-15-27-23(28)21-7-2-3-8-22(21)24(27)29/h2-3,7-12,19,25H,4-6,13-17H2,1H3. The highest BCUT2D eigenvalue weighted by molar-refractivity contribution is 7.89. The van der Waals surface area contributed by atoms with Crippen molar-refractivity contribution in [2.24, 2.45) is 5.92 Å². The Bertz CT molecular complexity index is 1060. The third-order valence-electron chi connectivity index (χ3n) is 6.23. The van der Waals surface area contributed by atoms with Crippen molar-refractivity contribution in [3.05, 3.63) is 65.2 Å². The van der Waals surface area contributed by atoms with E-state index in [-0.39, 0.29) is 22.6 Å². The van der Waals surface area contributed by atoms with Gasteiger partial charge >= 0.3 is 0 Å². The zero-order valence-electron chi connectivity index (χ0n) is 18.3. The zero-order chi connectivity index (χ0) is 22.7. The number of piperidine rings is 1. The van der Waals surface area contributed by atoms with E-state index in [1.54, 1.807) is 48.5 Å². The fourth-order valence-corrected chi connectivity index (χ4v) is 5.56. The first-order valence-electron chi connectivity index (χ1n) is 11.1. The first kappa shape index (κ1) is 22.6. The average molecular weight is 456 g/mol. The second-order valence-corrected chi connectivity index (χ2v) is 10.4. The smallest absolute Gasteiger partial charge is 0.261 e. The van der Waals surface area contributed by atoms with Crippen molar-refractivity contribution in [1.82, 2.24) is 14.5 Å². The van der Waals surface area contributed by atoms with E-state index in [9.17, 15) is 18.0 Å². The Morgan fingerprint density at radius 2 is 1.62 bits per heavy atom. The van der Waals surface area contributed by atoms with Gasteiger partial charge in [-0.2, -0.15) is 0 Å². The number of benzene rings is 2. The van der Waals surface area contributed by atoms with Gasteiger partial charge in [-0.1, -0.05) is 29.8 Å². The molecule has 2 heterocycles. The van der Waals surface area contributed by atoms with Gasteiger partial charge in [-0.05, 0) is 69.5 Å². The monoisotopic (exact) mass is 455 g/mol. The first-order chi connectivity index (χ1) is 15.3. The van der Waals surface area contributed by atoms with Crippen LogP contribution in [-0.2, 0) is 10.0 Å². The average Bonchev–Trinajstić information content (AvgIpc) is 3.03. The van der Waals surface area contributed by atoms with Crippen molar-refractivity contribution < 1.29 is 18.0 Å². The van der Waals surface area contributed by atoms with E-state index in [1.807, 2.05) is 6.92 Å². The third kappa shape index (κ3) is 4.92. The second-order valence-electron chi connectivity index (χ2n) is 8.63. The molecule has 0 saturated carbocycles. The van der Waals surface area contributed by atoms with Crippen molar-refractivity contribution >= 4 is 21.8 Å². The number of carbonyl (C=O) groups excluding carboxylic acids is 2. The Hall–Kier alpha value is -2.55. The predicted octanol–water partition coefficient (Wildman–Crippen LogP) is 2.67. The van der Waals surface area contributed by atoms with Crippen LogP contribution in [0.4, 0.5) is 0 Å². The minimum absolute atomic E-state index is 0.215. The summed E-state index contributed by atoms with van der Waals surface area (Å²) in [7, 11) is -3.51. The highest BCUT2D eigenvalue weighted by Gasteiger charge is 2.34. The molecule has 170 valence electrons. The fourth-order valence-electron chi connectivity index (χ4n) is 4.44. The summed E-state index contributed by atoms with van der Waals surface area (Å²) in [5, 5.41) is 0. The lowest BCUT2D eigenvalue weighted by Crippen LogP contribution is -2.42. The lowest BCUT2D eigenvalue weighted by atomic mass is 9.98. The highest BCUT2D eigenvalue weighted by atomic mass is 32.2. The Morgan fingerprint density at radius 1 is 0.969 bits per heavy atom. The maximum absolute atomic E-state index is 12.5. The number of carbonyl (C=O) groups is 2. The van der Waals surface area contributed by atoms with E-state index in [4.69, 9.17) is 0 Å². The summed E-state index contributed by atoms with van der Waals surface area (Å²) in [4.78, 5) is 28.9. The molecule has 1 unspecified atom stereocenters. The predicted molar refractivity (Wildman–Crippen MR) is 122 cm³/mol. The molecule has 1 N–H and O–H groups in total. The van der Waals surface area contributed by atoms with E-state index in [0.717, 1.165) is 38.0 Å². The van der Waals surface area contributed by atoms with E-state index in [1.165, 1.54) is 4.90 Å². The van der Waals surface area contributed by atoms with Gasteiger partial charge in [0, 0.05) is 19.6 Å². The molecule has 0 bridgehead atoms. The molecule has 7 nitrogen and oxygen atoms in total. The minimum atomic E-state index is -3.51. The molecule has 32 heavy (non-hydrogen) atoms. The van der Waals surface area contributed by atoms with Gasteiger partial charge in [-0.15, -0.1) is 0 Å². The van der Waals surface area contributed by atoms with Crippen LogP contribution >= 0.6 is 0 Å². The Balaban J connectivity index is 1.25. The Morgan fingerprint density at radius 3 is 2.28 bits per heavy atom. The van der Waals surface area contributed by atoms with Gasteiger partial charge < -0.3 is 4.90 Å². The molecular weight excluding hydrogens is 426 g/mol. The van der Waals surface area contributed by atoms with Gasteiger partial charge in [0.2, 0.25) is 10.0 Å². The summed E-state index contributed by atoms with van der Waals surface area (Å²) >= 11 is 0. The molecule has 0 aliphatic carbocycles. The molecule has 1 saturated heterocycles. The van der Waals surface area contributed by atoms with Crippen molar-refractivity contribution in [2.75, 3.05) is 32.7 Å². The number of nitrogens with one attached hydrogen (secondary N) is 1. The molecule has 4 rings (SSSR count). The number of amides is 2. The molecule has 2 aromatic rings. The van der Waals surface area contributed by atoms with Gasteiger partial charge in [0.25, 0.3) is 11.8 Å². The number of fused-ring (bicyclic) bond motifs is 1. The lowest BCUT2D eigenvalue weighted by Gasteiger charge is -2.33. The van der Waals surface area contributed by atoms with Gasteiger partial charge in [0.05, 0.1) is 16.0 Å². The molecule has 1 fully saturated rings. The second kappa shape index (κ2) is 9.52. The van der Waals surface area contributed by atoms with Crippen LogP contribution in [0.2, 0.25) is 0 Å². The Kier molecular flexibility index (Phi) is 6.74. The Labute approximate surface area is 189 Å². The summed E-state index contributed by atoms with van der Waals surface area (Å²) in [5.41, 5.74) is 1.99. The largest absolute Gasteiger partial charge is 0.303 e. The van der Waals surface area contributed by atoms with Crippen LogP contribution in [0.3, 0.4) is 0 Å². The number of hydrogen-bond acceptors (Lipinski definition) is 5. The number of imide groups is 1. The minimum Gasteiger partial charge on any atom is -0.303 e. The quantitative estimate of drug-likeness (QED) is 0.619. The molecule has 2 aliphatic rings. The third-order valence-corrected chi connectivity index (χ3v) is 7.67. The SMILES string of the molecule is Cc1ccc(S(=O)(=O)NCC2CCCN(CCCN3C(=O)c4ccccc4C3=O)C2)cc1. The number of rotatable bonds is 8. The molecule has 0 aromatic heterocycles. The summed E-state index contributed by atoms with van der Waals surface area (Å²) in [5.74, 6) is -0.191. The van der Waals surface area contributed by atoms with Crippen LogP contribution in [0.25, 0.3) is 0 Å². The molecule has 1 atom stereocenters. The normalized spacial score (nSPS) is 19.4. The van der Waals surface area contributed by atoms with Crippen molar-refractivity contribution in [3.63, 3.8) is 0 Å². The molecule has 2 aliphatic heterocycles. The molecular formula is C24H29N3O4S. The number of sulfonamides is 1. The summed E-state index contributed by atoms with van der Waals surface area (Å²) in [6.45, 7) is 5.25. The number of likely N-dealkylation sites (tertiary alicyclic amines) is 1. The number of aryl methyl sites for hydroxylation is 1. The van der Waals surface area contributed by atoms with Crippen LogP contribution in [0, 0.1) is 12.8 Å². The summed E-state index contributed by atoms with van der Waals surface area (Å²) < 4.78 is 27.9. The fraction of sp³-hybridized carbons (Fsp3) is 0.417. The number of hydrogen-bond donors (Lipinski definition) is 1. The number of nitrogens with zero attached hydrogens (tertiary/aromatic N) is 2. The van der Waals surface area contributed by atoms with Crippen LogP contribution in [-0.4, -0.2) is 62.8 Å². The van der Waals surface area contributed by atoms with Crippen molar-refractivity contribution in [2.45, 2.75) is 31.1 Å². The topological polar surface area (TPSA) is 86.8 Å². The van der Waals surface area contributed by atoms with E-state index < -0.39 is 10.0 Å². The van der Waals surface area contributed by atoms with Crippen LogP contribution in [0.5, 0.6) is 0 Å². The van der Waals surface area contributed by atoms with E-state index >= 15 is 0 Å². The van der Waals surface area contributed by atoms with Crippen LogP contribution in [0.1, 0.15) is 45.5 Å². The maximum Gasteiger partial charge on any atom is 0.261 e. The van der Waals surface area contributed by atoms with Crippen molar-refractivity contribution in [3.8, 4) is 0 Å². The zero-order valence-corrected chi connectivity index (χ0v) is 19.1. The maximum atomic E-state index is 12.5. The summed E-state index contributed by atoms with van der Waals surface area (Å²) in [6, 6.07) is 13.8. The molecule has 2 aromatic carbocycles. The van der Waals surface area contributed by atoms with E-state index in [0.29, 0.717) is 30.6 Å². The molecule has 0 radical (unpaired) electrons. The van der Waals surface area contributed by atoms with Gasteiger partial charge in [-0.3, -0.25) is 14.5 Å². The van der Waals surface area contributed by atoms with Gasteiger partial charge in [0.1, 0.15) is 0 Å². The van der Waals surface area contributed by atoms with Gasteiger partial charge in [-0.25, -0.2) is 13.1 Å². The van der Waals surface area contributed by atoms with E-state index in [2.05, 4.69) is 9.62 Å². The molecule has 2 amide bonds.